The Labute approximate surface area is 68.2 Å². The molecule has 0 unspecified atom stereocenters. The number of nitrogens with one attached hydrogen (secondary N) is 1. The predicted octanol–water partition coefficient (Wildman–Crippen LogP) is 1.92. The highest BCUT2D eigenvalue weighted by molar-refractivity contribution is 5.88. The van der Waals surface area contributed by atoms with Crippen LogP contribution in [0.3, 0.4) is 0 Å². The van der Waals surface area contributed by atoms with E-state index in [-0.39, 0.29) is 11.6 Å². The second-order valence-corrected chi connectivity index (χ2v) is 2.34. The molecule has 0 aliphatic carbocycles. The summed E-state index contributed by atoms with van der Waals surface area (Å²) in [7, 11) is 0. The van der Waals surface area contributed by atoms with Crippen molar-refractivity contribution in [3.05, 3.63) is 29.8 Å². The molecule has 0 aliphatic heterocycles. The summed E-state index contributed by atoms with van der Waals surface area (Å²) in [4.78, 5) is 10.5. The van der Waals surface area contributed by atoms with Crippen LogP contribution in [0.5, 0.6) is 0 Å². The van der Waals surface area contributed by atoms with E-state index in [1.165, 1.54) is 6.92 Å². The Morgan fingerprint density at radius 1 is 1.25 bits per heavy atom. The summed E-state index contributed by atoms with van der Waals surface area (Å²) < 4.78 is 25.0. The maximum Gasteiger partial charge on any atom is 0.221 e. The average Bonchev–Trinajstić information content (AvgIpc) is 1.81. The lowest BCUT2D eigenvalue weighted by Crippen LogP contribution is -2.06. The van der Waals surface area contributed by atoms with Crippen LogP contribution in [0.2, 0.25) is 0 Å². The van der Waals surface area contributed by atoms with E-state index in [1.807, 2.05) is 0 Å². The van der Waals surface area contributed by atoms with Gasteiger partial charge in [-0.2, -0.15) is 0 Å². The zero-order valence-corrected chi connectivity index (χ0v) is 6.40. The van der Waals surface area contributed by atoms with Gasteiger partial charge in [0.25, 0.3) is 0 Å². The second-order valence-electron chi connectivity index (χ2n) is 2.34. The molecule has 0 atom stereocenters. The maximum absolute atomic E-state index is 12.5. The Morgan fingerprint density at radius 3 is 2.17 bits per heavy atom. The summed E-state index contributed by atoms with van der Waals surface area (Å²) in [6.45, 7) is 1.27. The van der Waals surface area contributed by atoms with Crippen LogP contribution in [0.1, 0.15) is 6.92 Å². The van der Waals surface area contributed by atoms with Crippen molar-refractivity contribution in [1.82, 2.24) is 0 Å². The number of carbonyl (C=O) groups excluding carboxylic acids is 1. The van der Waals surface area contributed by atoms with Gasteiger partial charge in [-0.15, -0.1) is 0 Å². The van der Waals surface area contributed by atoms with E-state index in [1.54, 1.807) is 0 Å². The molecule has 0 heterocycles. The van der Waals surface area contributed by atoms with Crippen molar-refractivity contribution in [2.75, 3.05) is 5.32 Å². The van der Waals surface area contributed by atoms with Gasteiger partial charge in [-0.1, -0.05) is 0 Å². The lowest BCUT2D eigenvalue weighted by Gasteiger charge is -2.01. The number of hydrogen-bond acceptors (Lipinski definition) is 1. The fourth-order valence-electron chi connectivity index (χ4n) is 0.829. The van der Waals surface area contributed by atoms with E-state index in [9.17, 15) is 13.6 Å². The Balaban J connectivity index is 2.93. The van der Waals surface area contributed by atoms with Crippen LogP contribution in [-0.2, 0) is 4.79 Å². The Morgan fingerprint density at radius 2 is 1.75 bits per heavy atom. The molecule has 0 saturated heterocycles. The van der Waals surface area contributed by atoms with Crippen molar-refractivity contribution >= 4 is 11.6 Å². The SMILES string of the molecule is CC(=O)Nc1cc(F)cc(F)c1. The minimum Gasteiger partial charge on any atom is -0.326 e. The first-order chi connectivity index (χ1) is 5.58. The quantitative estimate of drug-likeness (QED) is 0.687. The van der Waals surface area contributed by atoms with E-state index in [0.29, 0.717) is 0 Å². The fourth-order valence-corrected chi connectivity index (χ4v) is 0.829. The standard InChI is InChI=1S/C8H7F2NO/c1-5(12)11-8-3-6(9)2-7(10)4-8/h2-4H,1H3,(H,11,12). The number of benzene rings is 1. The van der Waals surface area contributed by atoms with Gasteiger partial charge in [0.2, 0.25) is 5.91 Å². The molecular weight excluding hydrogens is 164 g/mol. The summed E-state index contributed by atoms with van der Waals surface area (Å²) in [5, 5.41) is 2.27. The van der Waals surface area contributed by atoms with Crippen molar-refractivity contribution in [2.45, 2.75) is 6.92 Å². The van der Waals surface area contributed by atoms with Crippen LogP contribution >= 0.6 is 0 Å². The molecule has 1 rings (SSSR count). The van der Waals surface area contributed by atoms with Crippen LogP contribution in [-0.4, -0.2) is 5.91 Å². The van der Waals surface area contributed by atoms with Gasteiger partial charge in [0, 0.05) is 18.7 Å². The zero-order valence-electron chi connectivity index (χ0n) is 6.40. The van der Waals surface area contributed by atoms with Gasteiger partial charge in [-0.3, -0.25) is 4.79 Å². The van der Waals surface area contributed by atoms with Crippen LogP contribution in [0.4, 0.5) is 14.5 Å². The molecule has 4 heteroatoms. The topological polar surface area (TPSA) is 29.1 Å². The lowest BCUT2D eigenvalue weighted by molar-refractivity contribution is -0.114. The molecule has 0 aliphatic rings. The number of amides is 1. The van der Waals surface area contributed by atoms with Gasteiger partial charge in [-0.25, -0.2) is 8.78 Å². The van der Waals surface area contributed by atoms with Crippen molar-refractivity contribution in [2.24, 2.45) is 0 Å². The van der Waals surface area contributed by atoms with Gasteiger partial charge in [0.15, 0.2) is 0 Å². The Bertz CT molecular complexity index is 292. The van der Waals surface area contributed by atoms with E-state index in [2.05, 4.69) is 5.32 Å². The van der Waals surface area contributed by atoms with Crippen molar-refractivity contribution in [1.29, 1.82) is 0 Å². The summed E-state index contributed by atoms with van der Waals surface area (Å²) in [6, 6.07) is 2.83. The molecule has 0 fully saturated rings. The summed E-state index contributed by atoms with van der Waals surface area (Å²) in [6.07, 6.45) is 0. The molecule has 0 aromatic heterocycles. The smallest absolute Gasteiger partial charge is 0.221 e. The second kappa shape index (κ2) is 3.30. The summed E-state index contributed by atoms with van der Waals surface area (Å²) >= 11 is 0. The van der Waals surface area contributed by atoms with Gasteiger partial charge in [0.1, 0.15) is 11.6 Å². The highest BCUT2D eigenvalue weighted by Crippen LogP contribution is 2.12. The molecule has 64 valence electrons. The van der Waals surface area contributed by atoms with Gasteiger partial charge >= 0.3 is 0 Å². The molecule has 1 N–H and O–H groups in total. The molecule has 1 aromatic carbocycles. The largest absolute Gasteiger partial charge is 0.326 e. The summed E-state index contributed by atoms with van der Waals surface area (Å²) in [5.74, 6) is -1.78. The first kappa shape index (κ1) is 8.64. The first-order valence-corrected chi connectivity index (χ1v) is 3.31. The third-order valence-electron chi connectivity index (χ3n) is 1.18. The third kappa shape index (κ3) is 2.30. The van der Waals surface area contributed by atoms with Crippen LogP contribution in [0.25, 0.3) is 0 Å². The van der Waals surface area contributed by atoms with Crippen molar-refractivity contribution in [3.63, 3.8) is 0 Å². The highest BCUT2D eigenvalue weighted by Gasteiger charge is 2.00. The molecule has 2 nitrogen and oxygen atoms in total. The highest BCUT2D eigenvalue weighted by atomic mass is 19.1. The zero-order chi connectivity index (χ0) is 9.14. The monoisotopic (exact) mass is 171 g/mol. The molecule has 1 aromatic rings. The number of hydrogen-bond donors (Lipinski definition) is 1. The number of anilines is 1. The number of carbonyl (C=O) groups is 1. The molecular formula is C8H7F2NO. The average molecular weight is 171 g/mol. The van der Waals surface area contributed by atoms with E-state index < -0.39 is 11.6 Å². The molecule has 0 spiro atoms. The van der Waals surface area contributed by atoms with E-state index in [4.69, 9.17) is 0 Å². The first-order valence-electron chi connectivity index (χ1n) is 3.31. The van der Waals surface area contributed by atoms with Crippen molar-refractivity contribution in [3.8, 4) is 0 Å². The predicted molar refractivity (Wildman–Crippen MR) is 40.7 cm³/mol. The number of halogens is 2. The Hall–Kier alpha value is -1.45. The number of rotatable bonds is 1. The molecule has 12 heavy (non-hydrogen) atoms. The molecule has 0 saturated carbocycles. The van der Waals surface area contributed by atoms with Gasteiger partial charge in [0.05, 0.1) is 0 Å². The van der Waals surface area contributed by atoms with Crippen LogP contribution in [0, 0.1) is 11.6 Å². The minimum absolute atomic E-state index is 0.125. The lowest BCUT2D eigenvalue weighted by atomic mass is 10.3. The normalized spacial score (nSPS) is 9.58. The van der Waals surface area contributed by atoms with Gasteiger partial charge < -0.3 is 5.32 Å². The fraction of sp³-hybridized carbons (Fsp3) is 0.125. The summed E-state index contributed by atoms with van der Waals surface area (Å²) in [5.41, 5.74) is 0.125. The molecule has 1 amide bonds. The third-order valence-corrected chi connectivity index (χ3v) is 1.18. The van der Waals surface area contributed by atoms with Crippen LogP contribution < -0.4 is 5.32 Å². The minimum atomic E-state index is -0.709. The maximum atomic E-state index is 12.5. The molecule has 0 radical (unpaired) electrons. The molecule has 0 bridgehead atoms. The van der Waals surface area contributed by atoms with Gasteiger partial charge in [-0.05, 0) is 12.1 Å². The van der Waals surface area contributed by atoms with E-state index >= 15 is 0 Å². The Kier molecular flexibility index (Phi) is 2.38. The van der Waals surface area contributed by atoms with E-state index in [0.717, 1.165) is 18.2 Å². The van der Waals surface area contributed by atoms with Crippen LogP contribution in [0.15, 0.2) is 18.2 Å². The van der Waals surface area contributed by atoms with Crippen molar-refractivity contribution < 1.29 is 13.6 Å².